The van der Waals surface area contributed by atoms with E-state index in [2.05, 4.69) is 9.97 Å². The monoisotopic (exact) mass is 447 g/mol. The minimum atomic E-state index is -4.74. The first-order chi connectivity index (χ1) is 14.7. The van der Waals surface area contributed by atoms with Crippen LogP contribution < -0.4 is 5.14 Å². The molecule has 0 aliphatic heterocycles. The Balaban J connectivity index is 1.58. The maximum absolute atomic E-state index is 13.5. The molecule has 1 aromatic heterocycles. The van der Waals surface area contributed by atoms with Crippen molar-refractivity contribution in [3.05, 3.63) is 83.4 Å². The zero-order valence-electron chi connectivity index (χ0n) is 16.0. The number of rotatable bonds is 5. The van der Waals surface area contributed by atoms with E-state index in [4.69, 9.17) is 5.14 Å². The number of imidazole rings is 1. The lowest BCUT2D eigenvalue weighted by Crippen LogP contribution is -2.09. The fourth-order valence-electron chi connectivity index (χ4n) is 3.44. The van der Waals surface area contributed by atoms with Crippen molar-refractivity contribution >= 4 is 22.0 Å². The number of nitrogens with one attached hydrogen (secondary N) is 1. The molecule has 31 heavy (non-hydrogen) atoms. The minimum Gasteiger partial charge on any atom is -0.342 e. The Hall–Kier alpha value is -3.04. The van der Waals surface area contributed by atoms with Gasteiger partial charge in [-0.05, 0) is 53.4 Å². The topological polar surface area (TPSA) is 71.8 Å². The molecule has 0 saturated carbocycles. The molecule has 3 N–H and O–H groups in total. The second-order valence-corrected chi connectivity index (χ2v) is 8.06. The normalized spacial score (nSPS) is 12.9. The Morgan fingerprint density at radius 1 is 1.00 bits per heavy atom. The number of hydrogen-bond acceptors (Lipinski definition) is 2. The number of aromatic amines is 1. The van der Waals surface area contributed by atoms with Gasteiger partial charge in [-0.15, -0.1) is 0 Å². The van der Waals surface area contributed by atoms with Crippen molar-refractivity contribution < 1.29 is 21.8 Å². The van der Waals surface area contributed by atoms with E-state index in [1.165, 1.54) is 6.07 Å². The van der Waals surface area contributed by atoms with Gasteiger partial charge < -0.3 is 4.98 Å². The Morgan fingerprint density at radius 2 is 1.77 bits per heavy atom. The highest BCUT2D eigenvalue weighted by Gasteiger charge is 2.34. The molecule has 4 rings (SSSR count). The summed E-state index contributed by atoms with van der Waals surface area (Å²) in [4.78, 5) is 8.15. The van der Waals surface area contributed by atoms with Crippen molar-refractivity contribution in [2.45, 2.75) is 23.9 Å². The Bertz CT molecular complexity index is 1280. The van der Waals surface area contributed by atoms with Crippen molar-refractivity contribution in [1.29, 1.82) is 0 Å². The molecule has 0 saturated heterocycles. The van der Waals surface area contributed by atoms with Crippen LogP contribution >= 0.6 is 0 Å². The van der Waals surface area contributed by atoms with E-state index in [0.717, 1.165) is 28.8 Å². The standard InChI is InChI=1S/C22H17F4N3OS/c23-17-8-5-13(11-16(17)22(24,25)26)6-10-21-28-18-9-7-14(12-19(18)29-21)15-3-1-2-4-20(15)31(27)30/h1-5,7-9,11-12H,6,10,27H2,(H,28,29). The van der Waals surface area contributed by atoms with E-state index >= 15 is 0 Å². The van der Waals surface area contributed by atoms with Crippen LogP contribution in [0, 0.1) is 5.82 Å². The van der Waals surface area contributed by atoms with Crippen molar-refractivity contribution in [3.63, 3.8) is 0 Å². The van der Waals surface area contributed by atoms with E-state index in [9.17, 15) is 21.8 Å². The number of fused-ring (bicyclic) bond motifs is 1. The van der Waals surface area contributed by atoms with Gasteiger partial charge in [0.15, 0.2) is 0 Å². The highest BCUT2D eigenvalue weighted by molar-refractivity contribution is 7.82. The lowest BCUT2D eigenvalue weighted by atomic mass is 10.1. The van der Waals surface area contributed by atoms with E-state index in [0.29, 0.717) is 28.2 Å². The van der Waals surface area contributed by atoms with Gasteiger partial charge in [0.1, 0.15) is 22.6 Å². The van der Waals surface area contributed by atoms with Gasteiger partial charge >= 0.3 is 6.18 Å². The Labute approximate surface area is 177 Å². The average molecular weight is 447 g/mol. The summed E-state index contributed by atoms with van der Waals surface area (Å²) in [6, 6.07) is 15.6. The van der Waals surface area contributed by atoms with Gasteiger partial charge in [-0.2, -0.15) is 13.2 Å². The van der Waals surface area contributed by atoms with Gasteiger partial charge in [0, 0.05) is 6.42 Å². The van der Waals surface area contributed by atoms with Crippen LogP contribution in [0.5, 0.6) is 0 Å². The molecule has 0 bridgehead atoms. The molecule has 9 heteroatoms. The fourth-order valence-corrected chi connectivity index (χ4v) is 4.05. The Morgan fingerprint density at radius 3 is 2.52 bits per heavy atom. The summed E-state index contributed by atoms with van der Waals surface area (Å²) < 4.78 is 64.0. The minimum absolute atomic E-state index is 0.269. The van der Waals surface area contributed by atoms with Gasteiger partial charge in [-0.3, -0.25) is 0 Å². The number of aryl methyl sites for hydroxylation is 2. The van der Waals surface area contributed by atoms with E-state index < -0.39 is 28.5 Å². The number of H-pyrrole nitrogens is 1. The molecule has 1 heterocycles. The van der Waals surface area contributed by atoms with Crippen molar-refractivity contribution in [1.82, 2.24) is 9.97 Å². The smallest absolute Gasteiger partial charge is 0.342 e. The quantitative estimate of drug-likeness (QED) is 0.415. The van der Waals surface area contributed by atoms with Gasteiger partial charge in [-0.1, -0.05) is 30.3 Å². The van der Waals surface area contributed by atoms with E-state index in [-0.39, 0.29) is 6.42 Å². The highest BCUT2D eigenvalue weighted by atomic mass is 32.2. The van der Waals surface area contributed by atoms with Crippen LogP contribution in [0.4, 0.5) is 17.6 Å². The molecule has 0 amide bonds. The van der Waals surface area contributed by atoms with Crippen LogP contribution in [0.25, 0.3) is 22.2 Å². The van der Waals surface area contributed by atoms with Crippen molar-refractivity contribution in [2.75, 3.05) is 0 Å². The second kappa shape index (κ2) is 8.24. The zero-order chi connectivity index (χ0) is 22.2. The van der Waals surface area contributed by atoms with Crippen LogP contribution in [-0.4, -0.2) is 14.2 Å². The SMILES string of the molecule is NS(=O)c1ccccc1-c1ccc2nc(CCc3ccc(F)c(C(F)(F)F)c3)[nH]c2c1. The predicted molar refractivity (Wildman–Crippen MR) is 111 cm³/mol. The lowest BCUT2D eigenvalue weighted by molar-refractivity contribution is -0.140. The molecule has 0 spiro atoms. The summed E-state index contributed by atoms with van der Waals surface area (Å²) >= 11 is 0. The number of nitrogens with two attached hydrogens (primary N) is 1. The molecule has 0 aliphatic rings. The first-order valence-corrected chi connectivity index (χ1v) is 10.5. The maximum atomic E-state index is 13.5. The number of hydrogen-bond donors (Lipinski definition) is 2. The first-order valence-electron chi connectivity index (χ1n) is 9.32. The molecule has 0 fully saturated rings. The average Bonchev–Trinajstić information content (AvgIpc) is 3.14. The molecule has 3 aromatic carbocycles. The molecular weight excluding hydrogens is 430 g/mol. The number of aromatic nitrogens is 2. The largest absolute Gasteiger partial charge is 0.419 e. The maximum Gasteiger partial charge on any atom is 0.419 e. The summed E-state index contributed by atoms with van der Waals surface area (Å²) in [5.74, 6) is -0.688. The van der Waals surface area contributed by atoms with Gasteiger partial charge in [0.2, 0.25) is 0 Å². The predicted octanol–water partition coefficient (Wildman–Crippen LogP) is 5.15. The lowest BCUT2D eigenvalue weighted by Gasteiger charge is -2.09. The molecule has 0 aliphatic carbocycles. The molecule has 1 atom stereocenters. The van der Waals surface area contributed by atoms with Crippen LogP contribution in [0.2, 0.25) is 0 Å². The van der Waals surface area contributed by atoms with Crippen LogP contribution in [0.15, 0.2) is 65.6 Å². The third-order valence-corrected chi connectivity index (χ3v) is 5.72. The van der Waals surface area contributed by atoms with Gasteiger partial charge in [0.25, 0.3) is 0 Å². The summed E-state index contributed by atoms with van der Waals surface area (Å²) in [7, 11) is -1.64. The van der Waals surface area contributed by atoms with Crippen LogP contribution in [-0.2, 0) is 30.0 Å². The summed E-state index contributed by atoms with van der Waals surface area (Å²) in [6.45, 7) is 0. The van der Waals surface area contributed by atoms with Gasteiger partial charge in [-0.25, -0.2) is 18.7 Å². The summed E-state index contributed by atoms with van der Waals surface area (Å²) in [5.41, 5.74) is 2.09. The van der Waals surface area contributed by atoms with E-state index in [1.807, 2.05) is 24.3 Å². The van der Waals surface area contributed by atoms with Gasteiger partial charge in [0.05, 0.1) is 21.5 Å². The summed E-state index contributed by atoms with van der Waals surface area (Å²) in [6.07, 6.45) is -4.11. The number of nitrogens with zero attached hydrogens (tertiary/aromatic N) is 1. The third-order valence-electron chi connectivity index (χ3n) is 4.93. The zero-order valence-corrected chi connectivity index (χ0v) is 16.9. The third kappa shape index (κ3) is 4.52. The van der Waals surface area contributed by atoms with E-state index in [1.54, 1.807) is 18.2 Å². The molecule has 4 aromatic rings. The van der Waals surface area contributed by atoms with Crippen molar-refractivity contribution in [3.8, 4) is 11.1 Å². The second-order valence-electron chi connectivity index (χ2n) is 7.02. The number of alkyl halides is 3. The number of benzene rings is 3. The molecule has 1 unspecified atom stereocenters. The van der Waals surface area contributed by atoms with Crippen LogP contribution in [0.1, 0.15) is 17.0 Å². The Kier molecular flexibility index (Phi) is 5.63. The molecule has 4 nitrogen and oxygen atoms in total. The number of halogens is 4. The van der Waals surface area contributed by atoms with Crippen molar-refractivity contribution in [2.24, 2.45) is 5.14 Å². The van der Waals surface area contributed by atoms with Crippen LogP contribution in [0.3, 0.4) is 0 Å². The fraction of sp³-hybridized carbons (Fsp3) is 0.136. The molecule has 160 valence electrons. The first kappa shape index (κ1) is 21.2. The molecule has 0 radical (unpaired) electrons. The summed E-state index contributed by atoms with van der Waals surface area (Å²) in [5, 5.41) is 5.57. The molecular formula is C22H17F4N3OS. The highest BCUT2D eigenvalue weighted by Crippen LogP contribution is 2.32.